The summed E-state index contributed by atoms with van der Waals surface area (Å²) in [7, 11) is 1.10. The molecule has 378 valence electrons. The first-order valence-corrected chi connectivity index (χ1v) is 24.1. The van der Waals surface area contributed by atoms with E-state index in [1.807, 2.05) is 117 Å². The molecule has 2 unspecified atom stereocenters. The van der Waals surface area contributed by atoms with Crippen LogP contribution >= 0.6 is 8.53 Å². The van der Waals surface area contributed by atoms with Crippen LogP contribution in [0.1, 0.15) is 73.8 Å². The van der Waals surface area contributed by atoms with E-state index in [0.29, 0.717) is 28.2 Å². The number of alkyl halides is 3. The molecule has 5 aromatic rings. The van der Waals surface area contributed by atoms with Gasteiger partial charge in [0.2, 0.25) is 0 Å². The molecule has 4 aromatic carbocycles. The van der Waals surface area contributed by atoms with E-state index in [4.69, 9.17) is 32.7 Å². The van der Waals surface area contributed by atoms with Crippen molar-refractivity contribution in [3.05, 3.63) is 154 Å². The molecular weight excluding hydrogens is 945 g/mol. The highest BCUT2D eigenvalue weighted by atomic mass is 31.2. The summed E-state index contributed by atoms with van der Waals surface area (Å²) in [6.07, 6.45) is -8.54. The average molecular weight is 1000 g/mol. The fourth-order valence-electron chi connectivity index (χ4n) is 8.10. The van der Waals surface area contributed by atoms with Gasteiger partial charge in [-0.25, -0.2) is 9.46 Å². The molecule has 16 nitrogen and oxygen atoms in total. The lowest BCUT2D eigenvalue weighted by molar-refractivity contribution is -0.173. The number of rotatable bonds is 24. The standard InChI is InChI=1S/C51H58F3N6O10P/c1-34(2)60(35(3)4)71(68-32-13-28-55)70-44-42(33-67-50(37-17-11-8-12-18-37,38-19-23-40(64-5)24-20-38)39-21-25-41(65-6)26-22-39)69-47(45(44)66-31-14-29-56-48(62)51(52,53)54)59-30-27-43(58-49(59)63)57-46(61)36-15-9-7-10-16-36/h7-12,15-27,30,34-35,42,44-45,47H,13-14,29,31-33H2,1-6H3,(H,56,62)(H,57,58,61,63)/t42-,44+,45?,47-,71?/m1/s1. The molecule has 1 aliphatic heterocycles. The zero-order valence-corrected chi connectivity index (χ0v) is 41.1. The fourth-order valence-corrected chi connectivity index (χ4v) is 9.87. The van der Waals surface area contributed by atoms with Crippen molar-refractivity contribution in [1.82, 2.24) is 19.5 Å². The quantitative estimate of drug-likeness (QED) is 0.0341. The minimum Gasteiger partial charge on any atom is -0.497 e. The molecule has 2 amide bonds. The molecular formula is C51H58F3N6O10P. The van der Waals surface area contributed by atoms with Gasteiger partial charge in [-0.1, -0.05) is 72.8 Å². The smallest absolute Gasteiger partial charge is 0.471 e. The number of nitrogens with zero attached hydrogens (tertiary/aromatic N) is 4. The van der Waals surface area contributed by atoms with Crippen molar-refractivity contribution in [2.45, 2.75) is 88.9 Å². The minimum absolute atomic E-state index is 0.00629. The van der Waals surface area contributed by atoms with Crippen molar-refractivity contribution in [2.75, 3.05) is 45.9 Å². The van der Waals surface area contributed by atoms with E-state index in [2.05, 4.69) is 16.4 Å². The van der Waals surface area contributed by atoms with Gasteiger partial charge in [0.25, 0.3) is 14.4 Å². The van der Waals surface area contributed by atoms with Crippen molar-refractivity contribution >= 4 is 26.2 Å². The Morgan fingerprint density at radius 2 is 1.41 bits per heavy atom. The van der Waals surface area contributed by atoms with Crippen LogP contribution in [0.4, 0.5) is 19.0 Å². The van der Waals surface area contributed by atoms with E-state index in [0.717, 1.165) is 5.56 Å². The number of carbonyl (C=O) groups excluding carboxylic acids is 2. The number of carbonyl (C=O) groups is 2. The van der Waals surface area contributed by atoms with Crippen LogP contribution in [0, 0.1) is 11.3 Å². The zero-order valence-electron chi connectivity index (χ0n) is 40.2. The second-order valence-electron chi connectivity index (χ2n) is 16.8. The van der Waals surface area contributed by atoms with Gasteiger partial charge in [0.05, 0.1) is 39.9 Å². The Kier molecular flexibility index (Phi) is 19.2. The molecule has 71 heavy (non-hydrogen) atoms. The van der Waals surface area contributed by atoms with Crippen LogP contribution in [-0.4, -0.2) is 103 Å². The molecule has 0 spiro atoms. The fraction of sp³-hybridized carbons (Fsp3) is 0.392. The van der Waals surface area contributed by atoms with Gasteiger partial charge >= 0.3 is 17.8 Å². The molecule has 0 saturated carbocycles. The summed E-state index contributed by atoms with van der Waals surface area (Å²) in [5, 5.41) is 14.0. The van der Waals surface area contributed by atoms with Gasteiger partial charge in [-0.3, -0.25) is 14.2 Å². The Balaban J connectivity index is 1.47. The first-order chi connectivity index (χ1) is 34.1. The lowest BCUT2D eigenvalue weighted by atomic mass is 9.80. The van der Waals surface area contributed by atoms with Gasteiger partial charge in [0.1, 0.15) is 41.2 Å². The second kappa shape index (κ2) is 25.2. The molecule has 1 aliphatic rings. The van der Waals surface area contributed by atoms with Crippen molar-refractivity contribution in [3.63, 3.8) is 0 Å². The van der Waals surface area contributed by atoms with E-state index in [1.165, 1.54) is 16.8 Å². The number of hydrogen-bond donors (Lipinski definition) is 2. The number of ether oxygens (including phenoxy) is 5. The third kappa shape index (κ3) is 13.6. The maximum absolute atomic E-state index is 14.2. The van der Waals surface area contributed by atoms with Crippen LogP contribution in [0.3, 0.4) is 0 Å². The molecule has 0 aliphatic carbocycles. The summed E-state index contributed by atoms with van der Waals surface area (Å²) in [6.45, 7) is 6.99. The van der Waals surface area contributed by atoms with Crippen LogP contribution < -0.4 is 25.8 Å². The highest BCUT2D eigenvalue weighted by Gasteiger charge is 2.52. The number of methoxy groups -OCH3 is 2. The molecule has 1 fully saturated rings. The Hall–Kier alpha value is -6.23. The van der Waals surface area contributed by atoms with Crippen LogP contribution in [-0.2, 0) is 33.7 Å². The van der Waals surface area contributed by atoms with Gasteiger partial charge in [0, 0.05) is 37.0 Å². The molecule has 2 heterocycles. The Morgan fingerprint density at radius 3 is 1.94 bits per heavy atom. The molecule has 1 saturated heterocycles. The third-order valence-corrected chi connectivity index (χ3v) is 13.5. The Labute approximate surface area is 411 Å². The largest absolute Gasteiger partial charge is 0.497 e. The van der Waals surface area contributed by atoms with Crippen LogP contribution in [0.5, 0.6) is 11.5 Å². The first kappa shape index (κ1) is 54.1. The van der Waals surface area contributed by atoms with Crippen molar-refractivity contribution in [2.24, 2.45) is 0 Å². The molecule has 5 atom stereocenters. The molecule has 20 heteroatoms. The van der Waals surface area contributed by atoms with E-state index in [1.54, 1.807) is 44.6 Å². The number of amides is 2. The number of benzene rings is 4. The number of anilines is 1. The molecule has 0 bridgehead atoms. The molecule has 1 aromatic heterocycles. The Bertz CT molecular complexity index is 2530. The van der Waals surface area contributed by atoms with Gasteiger partial charge < -0.3 is 43.4 Å². The highest BCUT2D eigenvalue weighted by Crippen LogP contribution is 2.51. The van der Waals surface area contributed by atoms with Crippen LogP contribution in [0.25, 0.3) is 0 Å². The maximum Gasteiger partial charge on any atom is 0.471 e. The van der Waals surface area contributed by atoms with E-state index >= 15 is 0 Å². The van der Waals surface area contributed by atoms with Crippen molar-refractivity contribution in [3.8, 4) is 17.6 Å². The number of nitriles is 1. The predicted molar refractivity (Wildman–Crippen MR) is 259 cm³/mol. The summed E-state index contributed by atoms with van der Waals surface area (Å²) in [4.78, 5) is 43.1. The summed E-state index contributed by atoms with van der Waals surface area (Å²) in [5.74, 6) is -1.44. The molecule has 2 N–H and O–H groups in total. The minimum atomic E-state index is -5.09. The lowest BCUT2D eigenvalue weighted by Gasteiger charge is -2.39. The van der Waals surface area contributed by atoms with Crippen molar-refractivity contribution < 1.29 is 55.5 Å². The van der Waals surface area contributed by atoms with E-state index < -0.39 is 68.9 Å². The first-order valence-electron chi connectivity index (χ1n) is 22.9. The summed E-state index contributed by atoms with van der Waals surface area (Å²) in [5.41, 5.74) is 0.277. The van der Waals surface area contributed by atoms with Crippen molar-refractivity contribution in [1.29, 1.82) is 5.26 Å². The summed E-state index contributed by atoms with van der Waals surface area (Å²) in [6, 6.07) is 35.9. The average Bonchev–Trinajstić information content (AvgIpc) is 3.69. The zero-order chi connectivity index (χ0) is 51.1. The van der Waals surface area contributed by atoms with E-state index in [-0.39, 0.29) is 50.6 Å². The summed E-state index contributed by atoms with van der Waals surface area (Å²) < 4.78 is 87.8. The molecule has 6 rings (SSSR count). The van der Waals surface area contributed by atoms with Crippen LogP contribution in [0.2, 0.25) is 0 Å². The SMILES string of the molecule is COc1ccc(C(OC[C@H]2O[C@@H](n3ccc(NC(=O)c4ccccc4)nc3=O)C(OCCCNC(=O)C(F)(F)F)[C@H]2OP(OCCC#N)N(C(C)C)C(C)C)(c2ccccc2)c2ccc(OC)cc2)cc1. The topological polar surface area (TPSA) is 185 Å². The third-order valence-electron chi connectivity index (χ3n) is 11.4. The number of halogens is 3. The second-order valence-corrected chi connectivity index (χ2v) is 18.2. The molecule has 0 radical (unpaired) electrons. The number of hydrogen-bond acceptors (Lipinski definition) is 13. The van der Waals surface area contributed by atoms with Gasteiger partial charge in [-0.2, -0.15) is 23.4 Å². The van der Waals surface area contributed by atoms with Gasteiger partial charge in [0.15, 0.2) is 6.23 Å². The normalized spacial score (nSPS) is 17.5. The van der Waals surface area contributed by atoms with Gasteiger partial charge in [-0.05, 0) is 93.3 Å². The lowest BCUT2D eigenvalue weighted by Crippen LogP contribution is -2.43. The van der Waals surface area contributed by atoms with Gasteiger partial charge in [-0.15, -0.1) is 0 Å². The monoisotopic (exact) mass is 1000 g/mol. The Morgan fingerprint density at radius 1 is 0.831 bits per heavy atom. The van der Waals surface area contributed by atoms with E-state index in [9.17, 15) is 32.8 Å². The summed E-state index contributed by atoms with van der Waals surface area (Å²) >= 11 is 0. The maximum atomic E-state index is 14.2. The van der Waals surface area contributed by atoms with Crippen LogP contribution in [0.15, 0.2) is 126 Å². The number of aromatic nitrogens is 2. The number of nitrogens with one attached hydrogen (secondary N) is 2. The predicted octanol–water partition coefficient (Wildman–Crippen LogP) is 8.53. The highest BCUT2D eigenvalue weighted by molar-refractivity contribution is 7.44.